The van der Waals surface area contributed by atoms with Crippen molar-refractivity contribution in [3.63, 3.8) is 0 Å². The highest BCUT2D eigenvalue weighted by atomic mass is 16.1. The highest BCUT2D eigenvalue weighted by Crippen LogP contribution is 2.19. The molecule has 0 aromatic carbocycles. The second-order valence-corrected chi connectivity index (χ2v) is 4.36. The van der Waals surface area contributed by atoms with E-state index in [2.05, 4.69) is 15.3 Å². The van der Waals surface area contributed by atoms with E-state index in [4.69, 9.17) is 0 Å². The molecule has 15 heavy (non-hydrogen) atoms. The van der Waals surface area contributed by atoms with Crippen molar-refractivity contribution < 1.29 is 0 Å². The molecular formula is C11H17N3O. The molecule has 0 saturated carbocycles. The van der Waals surface area contributed by atoms with E-state index in [1.807, 2.05) is 13.8 Å². The van der Waals surface area contributed by atoms with Crippen molar-refractivity contribution in [2.75, 3.05) is 6.54 Å². The lowest BCUT2D eigenvalue weighted by Gasteiger charge is -2.10. The Hall–Kier alpha value is -1.16. The van der Waals surface area contributed by atoms with Crippen LogP contribution in [-0.2, 0) is 0 Å². The summed E-state index contributed by atoms with van der Waals surface area (Å²) in [6, 6.07) is 0.235. The van der Waals surface area contributed by atoms with Crippen molar-refractivity contribution in [1.29, 1.82) is 0 Å². The Morgan fingerprint density at radius 3 is 2.87 bits per heavy atom. The molecule has 2 heterocycles. The van der Waals surface area contributed by atoms with Crippen molar-refractivity contribution in [2.45, 2.75) is 38.6 Å². The number of H-pyrrole nitrogens is 1. The first kappa shape index (κ1) is 10.4. The number of nitrogens with zero attached hydrogens (tertiary/aromatic N) is 1. The van der Waals surface area contributed by atoms with Crippen LogP contribution in [-0.4, -0.2) is 16.5 Å². The maximum atomic E-state index is 11.7. The summed E-state index contributed by atoms with van der Waals surface area (Å²) >= 11 is 0. The fraction of sp³-hybridized carbons (Fsp3) is 0.636. The summed E-state index contributed by atoms with van der Waals surface area (Å²) in [5.74, 6) is 1.01. The highest BCUT2D eigenvalue weighted by molar-refractivity contribution is 5.11. The van der Waals surface area contributed by atoms with E-state index in [1.54, 1.807) is 6.20 Å². The molecule has 1 saturated heterocycles. The summed E-state index contributed by atoms with van der Waals surface area (Å²) < 4.78 is 0. The summed E-state index contributed by atoms with van der Waals surface area (Å²) in [6.07, 6.45) is 3.92. The van der Waals surface area contributed by atoms with Gasteiger partial charge in [-0.05, 0) is 25.3 Å². The van der Waals surface area contributed by atoms with Crippen LogP contribution in [0.2, 0.25) is 0 Å². The Balaban J connectivity index is 2.28. The van der Waals surface area contributed by atoms with Crippen LogP contribution in [0.3, 0.4) is 0 Å². The van der Waals surface area contributed by atoms with Gasteiger partial charge in [0.05, 0.1) is 6.04 Å². The normalized spacial score (nSPS) is 21.1. The average Bonchev–Trinajstić information content (AvgIpc) is 2.69. The molecule has 2 N–H and O–H groups in total. The summed E-state index contributed by atoms with van der Waals surface area (Å²) in [4.78, 5) is 18.9. The summed E-state index contributed by atoms with van der Waals surface area (Å²) in [5, 5.41) is 3.32. The molecule has 2 rings (SSSR count). The van der Waals surface area contributed by atoms with Crippen LogP contribution in [0.4, 0.5) is 0 Å². The monoisotopic (exact) mass is 207 g/mol. The standard InChI is InChI=1S/C11H17N3O/c1-7(2)8-6-13-10(14-11(8)15)9-4-3-5-12-9/h6-7,9,12H,3-5H2,1-2H3,(H,13,14,15). The second-order valence-electron chi connectivity index (χ2n) is 4.36. The minimum absolute atomic E-state index is 0.00343. The molecule has 0 spiro atoms. The van der Waals surface area contributed by atoms with E-state index in [-0.39, 0.29) is 17.5 Å². The van der Waals surface area contributed by atoms with Gasteiger partial charge < -0.3 is 10.3 Å². The van der Waals surface area contributed by atoms with Gasteiger partial charge in [-0.1, -0.05) is 13.8 Å². The first-order valence-corrected chi connectivity index (χ1v) is 5.51. The maximum Gasteiger partial charge on any atom is 0.254 e. The minimum atomic E-state index is 0.00343. The molecule has 1 aliphatic heterocycles. The zero-order valence-electron chi connectivity index (χ0n) is 9.21. The molecule has 1 aromatic heterocycles. The number of hydrogen-bond acceptors (Lipinski definition) is 3. The Morgan fingerprint density at radius 2 is 2.33 bits per heavy atom. The van der Waals surface area contributed by atoms with E-state index in [9.17, 15) is 4.79 Å². The molecule has 0 amide bonds. The SMILES string of the molecule is CC(C)c1cnc(C2CCCN2)[nH]c1=O. The third-order valence-corrected chi connectivity index (χ3v) is 2.86. The lowest BCUT2D eigenvalue weighted by Crippen LogP contribution is -2.22. The van der Waals surface area contributed by atoms with Gasteiger partial charge in [0.2, 0.25) is 0 Å². The van der Waals surface area contributed by atoms with Gasteiger partial charge in [-0.2, -0.15) is 0 Å². The maximum absolute atomic E-state index is 11.7. The van der Waals surface area contributed by atoms with Crippen LogP contribution in [0.5, 0.6) is 0 Å². The van der Waals surface area contributed by atoms with E-state index in [1.165, 1.54) is 0 Å². The molecule has 82 valence electrons. The zero-order chi connectivity index (χ0) is 10.8. The van der Waals surface area contributed by atoms with Gasteiger partial charge in [-0.25, -0.2) is 4.98 Å². The van der Waals surface area contributed by atoms with Crippen LogP contribution in [0.25, 0.3) is 0 Å². The topological polar surface area (TPSA) is 57.8 Å². The molecule has 1 aliphatic rings. The van der Waals surface area contributed by atoms with Crippen LogP contribution in [0.15, 0.2) is 11.0 Å². The van der Waals surface area contributed by atoms with Crippen molar-refractivity contribution in [3.8, 4) is 0 Å². The Bertz CT molecular complexity index is 391. The lowest BCUT2D eigenvalue weighted by atomic mass is 10.1. The van der Waals surface area contributed by atoms with Gasteiger partial charge in [0.15, 0.2) is 0 Å². The van der Waals surface area contributed by atoms with Crippen molar-refractivity contribution in [3.05, 3.63) is 27.9 Å². The first-order valence-electron chi connectivity index (χ1n) is 5.51. The van der Waals surface area contributed by atoms with Gasteiger partial charge in [-0.3, -0.25) is 4.79 Å². The number of aromatic nitrogens is 2. The first-order chi connectivity index (χ1) is 7.18. The van der Waals surface area contributed by atoms with Crippen LogP contribution < -0.4 is 10.9 Å². The summed E-state index contributed by atoms with van der Waals surface area (Å²) in [7, 11) is 0. The molecule has 0 bridgehead atoms. The molecule has 4 heteroatoms. The van der Waals surface area contributed by atoms with Gasteiger partial charge in [0, 0.05) is 11.8 Å². The van der Waals surface area contributed by atoms with E-state index < -0.39 is 0 Å². The van der Waals surface area contributed by atoms with E-state index >= 15 is 0 Å². The molecule has 1 fully saturated rings. The van der Waals surface area contributed by atoms with E-state index in [0.29, 0.717) is 0 Å². The van der Waals surface area contributed by atoms with Crippen molar-refractivity contribution >= 4 is 0 Å². The fourth-order valence-electron chi connectivity index (χ4n) is 1.92. The molecule has 0 radical (unpaired) electrons. The van der Waals surface area contributed by atoms with Crippen LogP contribution in [0.1, 0.15) is 50.0 Å². The van der Waals surface area contributed by atoms with Gasteiger partial charge in [0.1, 0.15) is 5.82 Å². The predicted molar refractivity (Wildman–Crippen MR) is 58.9 cm³/mol. The molecule has 1 aromatic rings. The van der Waals surface area contributed by atoms with Gasteiger partial charge in [0.25, 0.3) is 5.56 Å². The number of hydrogen-bond donors (Lipinski definition) is 2. The predicted octanol–water partition coefficient (Wildman–Crippen LogP) is 1.32. The molecular weight excluding hydrogens is 190 g/mol. The zero-order valence-corrected chi connectivity index (χ0v) is 9.21. The van der Waals surface area contributed by atoms with E-state index in [0.717, 1.165) is 30.8 Å². The molecule has 1 atom stereocenters. The van der Waals surface area contributed by atoms with Crippen LogP contribution >= 0.6 is 0 Å². The molecule has 0 aliphatic carbocycles. The van der Waals surface area contributed by atoms with Gasteiger partial charge >= 0.3 is 0 Å². The Kier molecular flexibility index (Phi) is 2.86. The number of nitrogens with one attached hydrogen (secondary N) is 2. The Morgan fingerprint density at radius 1 is 1.53 bits per heavy atom. The Labute approximate surface area is 89.1 Å². The minimum Gasteiger partial charge on any atom is -0.309 e. The highest BCUT2D eigenvalue weighted by Gasteiger charge is 2.19. The van der Waals surface area contributed by atoms with Crippen LogP contribution in [0, 0.1) is 0 Å². The largest absolute Gasteiger partial charge is 0.309 e. The van der Waals surface area contributed by atoms with Gasteiger partial charge in [-0.15, -0.1) is 0 Å². The fourth-order valence-corrected chi connectivity index (χ4v) is 1.92. The summed E-state index contributed by atoms with van der Waals surface area (Å²) in [6.45, 7) is 5.01. The van der Waals surface area contributed by atoms with Crippen molar-refractivity contribution in [1.82, 2.24) is 15.3 Å². The smallest absolute Gasteiger partial charge is 0.254 e. The quantitative estimate of drug-likeness (QED) is 0.769. The third-order valence-electron chi connectivity index (χ3n) is 2.86. The summed E-state index contributed by atoms with van der Waals surface area (Å²) in [5.41, 5.74) is 0.764. The second kappa shape index (κ2) is 4.14. The third kappa shape index (κ3) is 2.09. The average molecular weight is 207 g/mol. The lowest BCUT2D eigenvalue weighted by molar-refractivity contribution is 0.598. The number of rotatable bonds is 2. The van der Waals surface area contributed by atoms with Crippen molar-refractivity contribution in [2.24, 2.45) is 0 Å². The molecule has 4 nitrogen and oxygen atoms in total. The number of aromatic amines is 1. The molecule has 1 unspecified atom stereocenters.